The minimum absolute atomic E-state index is 0.156. The van der Waals surface area contributed by atoms with Gasteiger partial charge in [0.1, 0.15) is 6.10 Å². The SMILES string of the molecule is COc1ccc(C(O)c2cccc(C)n2)cc1F. The van der Waals surface area contributed by atoms with E-state index in [9.17, 15) is 9.50 Å². The van der Waals surface area contributed by atoms with Gasteiger partial charge in [-0.2, -0.15) is 0 Å². The summed E-state index contributed by atoms with van der Waals surface area (Å²) in [6, 6.07) is 9.72. The van der Waals surface area contributed by atoms with E-state index < -0.39 is 11.9 Å². The van der Waals surface area contributed by atoms with E-state index in [2.05, 4.69) is 4.98 Å². The van der Waals surface area contributed by atoms with Crippen molar-refractivity contribution in [3.05, 3.63) is 59.2 Å². The third-order valence-electron chi connectivity index (χ3n) is 2.68. The zero-order chi connectivity index (χ0) is 13.1. The summed E-state index contributed by atoms with van der Waals surface area (Å²) in [6.45, 7) is 1.84. The number of benzene rings is 1. The van der Waals surface area contributed by atoms with Crippen LogP contribution in [0.5, 0.6) is 5.75 Å². The standard InChI is InChI=1S/C14H14FNO2/c1-9-4-3-5-12(16-9)14(17)10-6-7-13(18-2)11(15)8-10/h3-8,14,17H,1-2H3. The molecule has 94 valence electrons. The molecule has 0 aliphatic carbocycles. The van der Waals surface area contributed by atoms with Gasteiger partial charge in [0, 0.05) is 5.69 Å². The maximum Gasteiger partial charge on any atom is 0.165 e. The van der Waals surface area contributed by atoms with Crippen molar-refractivity contribution >= 4 is 0 Å². The Hall–Kier alpha value is -1.94. The molecule has 0 amide bonds. The zero-order valence-electron chi connectivity index (χ0n) is 10.2. The first-order valence-corrected chi connectivity index (χ1v) is 5.57. The topological polar surface area (TPSA) is 42.4 Å². The Balaban J connectivity index is 2.34. The molecule has 0 radical (unpaired) electrons. The summed E-state index contributed by atoms with van der Waals surface area (Å²) < 4.78 is 18.4. The van der Waals surface area contributed by atoms with Crippen molar-refractivity contribution in [3.63, 3.8) is 0 Å². The highest BCUT2D eigenvalue weighted by Crippen LogP contribution is 2.25. The Bertz CT molecular complexity index is 557. The molecule has 0 bridgehead atoms. The predicted molar refractivity (Wildman–Crippen MR) is 66.0 cm³/mol. The van der Waals surface area contributed by atoms with Gasteiger partial charge in [-0.15, -0.1) is 0 Å². The second-order valence-electron chi connectivity index (χ2n) is 4.00. The lowest BCUT2D eigenvalue weighted by molar-refractivity contribution is 0.214. The van der Waals surface area contributed by atoms with Crippen LogP contribution in [0.4, 0.5) is 4.39 Å². The minimum atomic E-state index is -0.940. The number of aryl methyl sites for hydroxylation is 1. The molecule has 2 rings (SSSR count). The maximum absolute atomic E-state index is 13.5. The van der Waals surface area contributed by atoms with Gasteiger partial charge >= 0.3 is 0 Å². The largest absolute Gasteiger partial charge is 0.494 e. The van der Waals surface area contributed by atoms with Gasteiger partial charge in [0.05, 0.1) is 12.8 Å². The molecule has 0 saturated carbocycles. The Morgan fingerprint density at radius 3 is 2.67 bits per heavy atom. The zero-order valence-corrected chi connectivity index (χ0v) is 10.2. The Morgan fingerprint density at radius 2 is 2.06 bits per heavy atom. The Morgan fingerprint density at radius 1 is 1.28 bits per heavy atom. The average Bonchev–Trinajstić information content (AvgIpc) is 2.37. The molecule has 1 aromatic heterocycles. The molecular weight excluding hydrogens is 233 g/mol. The lowest BCUT2D eigenvalue weighted by Gasteiger charge is -2.12. The summed E-state index contributed by atoms with van der Waals surface area (Å²) in [6.07, 6.45) is -0.940. The first kappa shape index (κ1) is 12.5. The third kappa shape index (κ3) is 2.49. The van der Waals surface area contributed by atoms with Crippen molar-refractivity contribution in [1.82, 2.24) is 4.98 Å². The number of methoxy groups -OCH3 is 1. The maximum atomic E-state index is 13.5. The van der Waals surface area contributed by atoms with Crippen LogP contribution in [0.3, 0.4) is 0 Å². The number of aromatic nitrogens is 1. The third-order valence-corrected chi connectivity index (χ3v) is 2.68. The van der Waals surface area contributed by atoms with Gasteiger partial charge in [0.15, 0.2) is 11.6 Å². The summed E-state index contributed by atoms with van der Waals surface area (Å²) in [5.74, 6) is -0.343. The van der Waals surface area contributed by atoms with Crippen molar-refractivity contribution in [2.75, 3.05) is 7.11 Å². The number of hydrogen-bond donors (Lipinski definition) is 1. The molecule has 3 nitrogen and oxygen atoms in total. The molecule has 0 saturated heterocycles. The van der Waals surface area contributed by atoms with Gasteiger partial charge in [-0.1, -0.05) is 12.1 Å². The molecule has 0 fully saturated rings. The van der Waals surface area contributed by atoms with E-state index in [1.54, 1.807) is 18.2 Å². The summed E-state index contributed by atoms with van der Waals surface area (Å²) in [4.78, 5) is 4.22. The average molecular weight is 247 g/mol. The number of hydrogen-bond acceptors (Lipinski definition) is 3. The normalized spacial score (nSPS) is 12.2. The van der Waals surface area contributed by atoms with Crippen molar-refractivity contribution in [2.45, 2.75) is 13.0 Å². The number of aliphatic hydroxyl groups is 1. The van der Waals surface area contributed by atoms with E-state index in [1.807, 2.05) is 13.0 Å². The van der Waals surface area contributed by atoms with Gasteiger partial charge in [-0.05, 0) is 36.8 Å². The molecule has 2 aromatic rings. The lowest BCUT2D eigenvalue weighted by Crippen LogP contribution is -2.04. The molecular formula is C14H14FNO2. The molecule has 0 aliphatic rings. The highest BCUT2D eigenvalue weighted by atomic mass is 19.1. The summed E-state index contributed by atoms with van der Waals surface area (Å²) in [5.41, 5.74) is 1.76. The monoisotopic (exact) mass is 247 g/mol. The molecule has 1 heterocycles. The van der Waals surface area contributed by atoms with E-state index in [0.29, 0.717) is 11.3 Å². The van der Waals surface area contributed by atoms with Gasteiger partial charge in [0.25, 0.3) is 0 Å². The smallest absolute Gasteiger partial charge is 0.165 e. The van der Waals surface area contributed by atoms with Crippen LogP contribution in [0.25, 0.3) is 0 Å². The quantitative estimate of drug-likeness (QED) is 0.906. The van der Waals surface area contributed by atoms with Crippen LogP contribution < -0.4 is 4.74 Å². The highest BCUT2D eigenvalue weighted by Gasteiger charge is 2.14. The number of pyridine rings is 1. The van der Waals surface area contributed by atoms with Gasteiger partial charge in [-0.3, -0.25) is 4.98 Å². The molecule has 1 atom stereocenters. The second-order valence-corrected chi connectivity index (χ2v) is 4.00. The molecule has 0 aliphatic heterocycles. The fraction of sp³-hybridized carbons (Fsp3) is 0.214. The number of halogens is 1. The van der Waals surface area contributed by atoms with Crippen LogP contribution in [0.2, 0.25) is 0 Å². The Labute approximate surface area is 105 Å². The van der Waals surface area contributed by atoms with Crippen molar-refractivity contribution < 1.29 is 14.2 Å². The molecule has 1 aromatic carbocycles. The summed E-state index contributed by atoms with van der Waals surface area (Å²) in [7, 11) is 1.40. The van der Waals surface area contributed by atoms with Crippen LogP contribution in [0, 0.1) is 12.7 Å². The molecule has 4 heteroatoms. The first-order chi connectivity index (χ1) is 8.61. The number of aliphatic hydroxyl groups excluding tert-OH is 1. The lowest BCUT2D eigenvalue weighted by atomic mass is 10.1. The molecule has 1 unspecified atom stereocenters. The van der Waals surface area contributed by atoms with Crippen LogP contribution in [-0.4, -0.2) is 17.2 Å². The van der Waals surface area contributed by atoms with Crippen LogP contribution in [0.15, 0.2) is 36.4 Å². The minimum Gasteiger partial charge on any atom is -0.494 e. The van der Waals surface area contributed by atoms with Gasteiger partial charge in [0.2, 0.25) is 0 Å². The fourth-order valence-electron chi connectivity index (χ4n) is 1.74. The first-order valence-electron chi connectivity index (χ1n) is 5.57. The summed E-state index contributed by atoms with van der Waals surface area (Å²) >= 11 is 0. The molecule has 18 heavy (non-hydrogen) atoms. The number of nitrogens with zero attached hydrogens (tertiary/aromatic N) is 1. The van der Waals surface area contributed by atoms with E-state index in [4.69, 9.17) is 4.74 Å². The number of rotatable bonds is 3. The predicted octanol–water partition coefficient (Wildman–Crippen LogP) is 2.62. The van der Waals surface area contributed by atoms with Crippen LogP contribution >= 0.6 is 0 Å². The van der Waals surface area contributed by atoms with Crippen LogP contribution in [0.1, 0.15) is 23.1 Å². The van der Waals surface area contributed by atoms with E-state index in [1.165, 1.54) is 19.2 Å². The number of ether oxygens (including phenoxy) is 1. The fourth-order valence-corrected chi connectivity index (χ4v) is 1.74. The molecule has 0 spiro atoms. The van der Waals surface area contributed by atoms with Crippen molar-refractivity contribution in [2.24, 2.45) is 0 Å². The second kappa shape index (κ2) is 5.14. The van der Waals surface area contributed by atoms with Crippen molar-refractivity contribution in [1.29, 1.82) is 0 Å². The van der Waals surface area contributed by atoms with Crippen LogP contribution in [-0.2, 0) is 0 Å². The van der Waals surface area contributed by atoms with E-state index in [-0.39, 0.29) is 5.75 Å². The van der Waals surface area contributed by atoms with Gasteiger partial charge < -0.3 is 9.84 Å². The van der Waals surface area contributed by atoms with Gasteiger partial charge in [-0.25, -0.2) is 4.39 Å². The Kier molecular flexibility index (Phi) is 3.58. The van der Waals surface area contributed by atoms with Crippen molar-refractivity contribution in [3.8, 4) is 5.75 Å². The van der Waals surface area contributed by atoms with E-state index in [0.717, 1.165) is 5.69 Å². The van der Waals surface area contributed by atoms with E-state index >= 15 is 0 Å². The molecule has 1 N–H and O–H groups in total. The summed E-state index contributed by atoms with van der Waals surface area (Å²) in [5, 5.41) is 10.1. The highest BCUT2D eigenvalue weighted by molar-refractivity contribution is 5.33.